The Morgan fingerprint density at radius 3 is 1.24 bits per heavy atom. The molecule has 6 heteroatoms. The molecule has 0 heterocycles. The van der Waals surface area contributed by atoms with E-state index in [1.807, 2.05) is 0 Å². The number of allylic oxidation sites excluding steroid dienone is 6. The average Bonchev–Trinajstić information content (AvgIpc) is 3.27. The van der Waals surface area contributed by atoms with Crippen LogP contribution in [0.15, 0.2) is 36.5 Å². The average molecular weight is 872 g/mol. The molecule has 0 aliphatic rings. The van der Waals surface area contributed by atoms with Gasteiger partial charge in [0.2, 0.25) is 5.91 Å². The van der Waals surface area contributed by atoms with Crippen LogP contribution in [0.5, 0.6) is 0 Å². The number of nitrogens with one attached hydrogen (secondary N) is 1. The Morgan fingerprint density at radius 2 is 0.806 bits per heavy atom. The Balaban J connectivity index is 3.48. The van der Waals surface area contributed by atoms with E-state index in [1.54, 1.807) is 0 Å². The summed E-state index contributed by atoms with van der Waals surface area (Å²) in [4.78, 5) is 24.5. The second-order valence-corrected chi connectivity index (χ2v) is 18.6. The van der Waals surface area contributed by atoms with Crippen LogP contribution in [0.2, 0.25) is 0 Å². The van der Waals surface area contributed by atoms with Gasteiger partial charge in [0.25, 0.3) is 0 Å². The number of hydrogen-bond donors (Lipinski definition) is 3. The number of hydrogen-bond acceptors (Lipinski definition) is 5. The Labute approximate surface area is 385 Å². The number of carbonyl (C=O) groups is 2. The molecule has 0 aliphatic carbocycles. The highest BCUT2D eigenvalue weighted by Crippen LogP contribution is 2.16. The standard InChI is InChI=1S/C56H105NO5/c1-3-5-7-9-11-13-15-16-17-19-23-26-30-34-38-42-46-50-56(61)62-51-47-43-39-35-31-27-24-21-18-20-22-25-29-33-37-41-45-49-55(60)57-53(52-58)54(59)48-44-40-36-32-28-14-12-10-8-6-4-2/h16-18,21,27,31,53-54,58-59H,3-15,19-20,22-26,28-30,32-52H2,1-2H3,(H,57,60)/b17-16-,21-18-,31-27-. The first-order valence-corrected chi connectivity index (χ1v) is 27.2. The van der Waals surface area contributed by atoms with Crippen LogP contribution in [0, 0.1) is 0 Å². The van der Waals surface area contributed by atoms with Gasteiger partial charge in [0.1, 0.15) is 0 Å². The van der Waals surface area contributed by atoms with Gasteiger partial charge in [-0.05, 0) is 89.9 Å². The lowest BCUT2D eigenvalue weighted by Crippen LogP contribution is -2.45. The van der Waals surface area contributed by atoms with E-state index in [-0.39, 0.29) is 18.5 Å². The quantitative estimate of drug-likeness (QED) is 0.0321. The molecule has 6 nitrogen and oxygen atoms in total. The van der Waals surface area contributed by atoms with Crippen molar-refractivity contribution in [2.24, 2.45) is 0 Å². The summed E-state index contributed by atoms with van der Waals surface area (Å²) in [7, 11) is 0. The van der Waals surface area contributed by atoms with Crippen LogP contribution in [-0.2, 0) is 14.3 Å². The second kappa shape index (κ2) is 51.7. The lowest BCUT2D eigenvalue weighted by atomic mass is 10.0. The van der Waals surface area contributed by atoms with Crippen LogP contribution in [0.4, 0.5) is 0 Å². The van der Waals surface area contributed by atoms with Crippen LogP contribution in [0.1, 0.15) is 284 Å². The van der Waals surface area contributed by atoms with Gasteiger partial charge in [-0.2, -0.15) is 0 Å². The number of amides is 1. The molecule has 0 fully saturated rings. The summed E-state index contributed by atoms with van der Waals surface area (Å²) in [6.07, 6.45) is 62.7. The first kappa shape index (κ1) is 60.1. The Kier molecular flexibility index (Phi) is 50.1. The predicted molar refractivity (Wildman–Crippen MR) is 269 cm³/mol. The van der Waals surface area contributed by atoms with Crippen molar-refractivity contribution in [1.29, 1.82) is 0 Å². The van der Waals surface area contributed by atoms with Gasteiger partial charge in [0, 0.05) is 12.8 Å². The van der Waals surface area contributed by atoms with Gasteiger partial charge in [-0.15, -0.1) is 0 Å². The van der Waals surface area contributed by atoms with E-state index < -0.39 is 12.1 Å². The van der Waals surface area contributed by atoms with Gasteiger partial charge < -0.3 is 20.3 Å². The van der Waals surface area contributed by atoms with Gasteiger partial charge in [0.05, 0.1) is 25.4 Å². The minimum atomic E-state index is -0.674. The van der Waals surface area contributed by atoms with Crippen molar-refractivity contribution >= 4 is 11.9 Å². The third-order valence-electron chi connectivity index (χ3n) is 12.4. The molecule has 0 saturated heterocycles. The molecule has 0 aliphatic heterocycles. The largest absolute Gasteiger partial charge is 0.466 e. The summed E-state index contributed by atoms with van der Waals surface area (Å²) < 4.78 is 5.45. The lowest BCUT2D eigenvalue weighted by molar-refractivity contribution is -0.143. The molecule has 1 amide bonds. The third kappa shape index (κ3) is 47.6. The second-order valence-electron chi connectivity index (χ2n) is 18.6. The van der Waals surface area contributed by atoms with Crippen molar-refractivity contribution < 1.29 is 24.5 Å². The van der Waals surface area contributed by atoms with Crippen molar-refractivity contribution in [1.82, 2.24) is 5.32 Å². The summed E-state index contributed by atoms with van der Waals surface area (Å²) in [5, 5.41) is 23.1. The van der Waals surface area contributed by atoms with Gasteiger partial charge in [-0.3, -0.25) is 9.59 Å². The van der Waals surface area contributed by atoms with Crippen LogP contribution in [0.3, 0.4) is 0 Å². The molecule has 364 valence electrons. The molecule has 2 atom stereocenters. The summed E-state index contributed by atoms with van der Waals surface area (Å²) in [6, 6.07) is -0.552. The van der Waals surface area contributed by atoms with Gasteiger partial charge in [0.15, 0.2) is 0 Å². The van der Waals surface area contributed by atoms with Gasteiger partial charge in [-0.1, -0.05) is 217 Å². The lowest BCUT2D eigenvalue weighted by Gasteiger charge is -2.22. The summed E-state index contributed by atoms with van der Waals surface area (Å²) in [6.45, 7) is 4.89. The van der Waals surface area contributed by atoms with Crippen molar-refractivity contribution in [3.05, 3.63) is 36.5 Å². The molecule has 2 unspecified atom stereocenters. The maximum absolute atomic E-state index is 12.4. The smallest absolute Gasteiger partial charge is 0.305 e. The zero-order valence-electron chi connectivity index (χ0n) is 41.4. The molecule has 0 bridgehead atoms. The van der Waals surface area contributed by atoms with Gasteiger partial charge in [-0.25, -0.2) is 0 Å². The molecule has 0 aromatic rings. The van der Waals surface area contributed by atoms with E-state index in [1.165, 1.54) is 167 Å². The number of carbonyl (C=O) groups excluding carboxylic acids is 2. The predicted octanol–water partition coefficient (Wildman–Crippen LogP) is 16.5. The maximum atomic E-state index is 12.4. The number of esters is 1. The monoisotopic (exact) mass is 872 g/mol. The van der Waals surface area contributed by atoms with Crippen LogP contribution in [-0.4, -0.2) is 47.4 Å². The highest BCUT2D eigenvalue weighted by molar-refractivity contribution is 5.76. The number of rotatable bonds is 50. The topological polar surface area (TPSA) is 95.9 Å². The minimum Gasteiger partial charge on any atom is -0.466 e. The maximum Gasteiger partial charge on any atom is 0.305 e. The number of ether oxygens (including phenoxy) is 1. The molecule has 3 N–H and O–H groups in total. The number of unbranched alkanes of at least 4 members (excludes halogenated alkanes) is 33. The molecule has 62 heavy (non-hydrogen) atoms. The van der Waals surface area contributed by atoms with E-state index in [2.05, 4.69) is 55.6 Å². The molecule has 0 rings (SSSR count). The molecule has 0 spiro atoms. The van der Waals surface area contributed by atoms with Crippen molar-refractivity contribution in [2.45, 2.75) is 296 Å². The van der Waals surface area contributed by atoms with Crippen molar-refractivity contribution in [2.75, 3.05) is 13.2 Å². The molecule has 0 saturated carbocycles. The van der Waals surface area contributed by atoms with E-state index in [4.69, 9.17) is 4.74 Å². The Bertz CT molecular complexity index is 1010. The highest BCUT2D eigenvalue weighted by Gasteiger charge is 2.20. The number of aliphatic hydroxyl groups excluding tert-OH is 2. The van der Waals surface area contributed by atoms with E-state index in [0.29, 0.717) is 25.9 Å². The molecule has 0 aromatic carbocycles. The molecule has 0 aromatic heterocycles. The fourth-order valence-electron chi connectivity index (χ4n) is 8.19. The zero-order valence-corrected chi connectivity index (χ0v) is 41.4. The minimum absolute atomic E-state index is 0.0193. The fraction of sp³-hybridized carbons (Fsp3) is 0.857. The summed E-state index contributed by atoms with van der Waals surface area (Å²) in [5.41, 5.74) is 0. The Hall–Kier alpha value is -1.92. The molecule has 0 radical (unpaired) electrons. The van der Waals surface area contributed by atoms with E-state index >= 15 is 0 Å². The first-order valence-electron chi connectivity index (χ1n) is 27.2. The molecular weight excluding hydrogens is 767 g/mol. The van der Waals surface area contributed by atoms with Crippen molar-refractivity contribution in [3.63, 3.8) is 0 Å². The number of aliphatic hydroxyl groups is 2. The normalized spacial score (nSPS) is 12.9. The van der Waals surface area contributed by atoms with E-state index in [9.17, 15) is 19.8 Å². The molecular formula is C56H105NO5. The highest BCUT2D eigenvalue weighted by atomic mass is 16.5. The third-order valence-corrected chi connectivity index (χ3v) is 12.4. The SMILES string of the molecule is CCCCCCCC/C=C\CCCCCCCCCC(=O)OCCCCC/C=C\C/C=C\CCCCCCCCCC(=O)NC(CO)C(O)CCCCCCCCCCCCC. The Morgan fingerprint density at radius 1 is 0.452 bits per heavy atom. The van der Waals surface area contributed by atoms with Gasteiger partial charge >= 0.3 is 5.97 Å². The summed E-state index contributed by atoms with van der Waals surface area (Å²) in [5.74, 6) is -0.0721. The van der Waals surface area contributed by atoms with Crippen LogP contribution >= 0.6 is 0 Å². The fourth-order valence-corrected chi connectivity index (χ4v) is 8.19. The first-order chi connectivity index (χ1) is 30.5. The van der Waals surface area contributed by atoms with Crippen LogP contribution < -0.4 is 5.32 Å². The van der Waals surface area contributed by atoms with E-state index in [0.717, 1.165) is 83.5 Å². The zero-order chi connectivity index (χ0) is 45.1. The summed E-state index contributed by atoms with van der Waals surface area (Å²) >= 11 is 0. The van der Waals surface area contributed by atoms with Crippen LogP contribution in [0.25, 0.3) is 0 Å². The van der Waals surface area contributed by atoms with Crippen molar-refractivity contribution in [3.8, 4) is 0 Å².